The number of hydrogen-bond donors (Lipinski definition) is 2. The highest BCUT2D eigenvalue weighted by molar-refractivity contribution is 5.85. The van der Waals surface area contributed by atoms with Gasteiger partial charge in [-0.15, -0.1) is 24.8 Å². The molecule has 86 valence electrons. The van der Waals surface area contributed by atoms with E-state index in [4.69, 9.17) is 0 Å². The second-order valence-corrected chi connectivity index (χ2v) is 3.26. The van der Waals surface area contributed by atoms with Gasteiger partial charge in [-0.25, -0.2) is 4.98 Å². The van der Waals surface area contributed by atoms with E-state index in [1.165, 1.54) is 0 Å². The lowest BCUT2D eigenvalue weighted by Crippen LogP contribution is -2.35. The van der Waals surface area contributed by atoms with Crippen LogP contribution in [0.3, 0.4) is 0 Å². The van der Waals surface area contributed by atoms with Crippen LogP contribution in [0.25, 0.3) is 0 Å². The van der Waals surface area contributed by atoms with E-state index in [2.05, 4.69) is 20.6 Å². The lowest BCUT2D eigenvalue weighted by Gasteiger charge is -2.23. The first-order valence-corrected chi connectivity index (χ1v) is 4.68. The van der Waals surface area contributed by atoms with Crippen LogP contribution in [0.2, 0.25) is 0 Å². The highest BCUT2D eigenvalue weighted by atomic mass is 35.5. The Balaban J connectivity index is 0.000000980. The van der Waals surface area contributed by atoms with E-state index in [1.54, 1.807) is 18.6 Å². The van der Waals surface area contributed by atoms with Gasteiger partial charge in [-0.1, -0.05) is 0 Å². The van der Waals surface area contributed by atoms with Gasteiger partial charge in [-0.05, 0) is 25.9 Å². The van der Waals surface area contributed by atoms with Crippen molar-refractivity contribution in [3.8, 4) is 0 Å². The first-order chi connectivity index (χ1) is 6.45. The second kappa shape index (κ2) is 7.68. The molecule has 6 heteroatoms. The molecule has 0 saturated carbocycles. The van der Waals surface area contributed by atoms with Gasteiger partial charge in [-0.3, -0.25) is 4.98 Å². The summed E-state index contributed by atoms with van der Waals surface area (Å²) >= 11 is 0. The molecule has 0 aromatic carbocycles. The zero-order valence-electron chi connectivity index (χ0n) is 8.35. The van der Waals surface area contributed by atoms with E-state index in [0.29, 0.717) is 6.04 Å². The molecule has 0 atom stereocenters. The van der Waals surface area contributed by atoms with Crippen LogP contribution >= 0.6 is 24.8 Å². The van der Waals surface area contributed by atoms with Gasteiger partial charge < -0.3 is 10.6 Å². The lowest BCUT2D eigenvalue weighted by atomic mass is 10.1. The highest BCUT2D eigenvalue weighted by Crippen LogP contribution is 2.08. The number of rotatable bonds is 2. The molecule has 0 amide bonds. The van der Waals surface area contributed by atoms with Crippen molar-refractivity contribution in [2.45, 2.75) is 18.9 Å². The Kier molecular flexibility index (Phi) is 7.38. The quantitative estimate of drug-likeness (QED) is 0.836. The smallest absolute Gasteiger partial charge is 0.144 e. The second-order valence-electron chi connectivity index (χ2n) is 3.26. The zero-order valence-corrected chi connectivity index (χ0v) is 9.98. The zero-order chi connectivity index (χ0) is 8.93. The highest BCUT2D eigenvalue weighted by Gasteiger charge is 2.12. The van der Waals surface area contributed by atoms with E-state index in [0.717, 1.165) is 31.7 Å². The van der Waals surface area contributed by atoms with Crippen molar-refractivity contribution in [2.75, 3.05) is 18.4 Å². The fourth-order valence-electron chi connectivity index (χ4n) is 1.55. The summed E-state index contributed by atoms with van der Waals surface area (Å²) in [5, 5.41) is 6.69. The molecule has 1 saturated heterocycles. The van der Waals surface area contributed by atoms with Crippen LogP contribution in [-0.2, 0) is 0 Å². The Bertz CT molecular complexity index is 252. The summed E-state index contributed by atoms with van der Waals surface area (Å²) in [6, 6.07) is 0.554. The van der Waals surface area contributed by atoms with Crippen LogP contribution in [0.4, 0.5) is 5.82 Å². The Hall–Kier alpha value is -0.580. The summed E-state index contributed by atoms with van der Waals surface area (Å²) in [6.07, 6.45) is 7.49. The summed E-state index contributed by atoms with van der Waals surface area (Å²) in [5.74, 6) is 0.884. The molecule has 1 aliphatic heterocycles. The van der Waals surface area contributed by atoms with E-state index < -0.39 is 0 Å². The van der Waals surface area contributed by atoms with E-state index in [9.17, 15) is 0 Å². The molecule has 2 heterocycles. The van der Waals surface area contributed by atoms with Crippen molar-refractivity contribution < 1.29 is 0 Å². The van der Waals surface area contributed by atoms with Gasteiger partial charge in [0.15, 0.2) is 0 Å². The van der Waals surface area contributed by atoms with Crippen LogP contribution < -0.4 is 10.6 Å². The molecular weight excluding hydrogens is 235 g/mol. The van der Waals surface area contributed by atoms with Crippen LogP contribution in [0, 0.1) is 0 Å². The van der Waals surface area contributed by atoms with E-state index in [-0.39, 0.29) is 24.8 Å². The normalized spacial score (nSPS) is 16.0. The molecule has 0 radical (unpaired) electrons. The molecule has 1 aromatic heterocycles. The van der Waals surface area contributed by atoms with Gasteiger partial charge in [0.2, 0.25) is 0 Å². The van der Waals surface area contributed by atoms with Crippen LogP contribution in [0.5, 0.6) is 0 Å². The summed E-state index contributed by atoms with van der Waals surface area (Å²) in [6.45, 7) is 2.19. The van der Waals surface area contributed by atoms with Gasteiger partial charge in [0.1, 0.15) is 5.82 Å². The average Bonchev–Trinajstić information content (AvgIpc) is 2.21. The maximum absolute atomic E-state index is 4.18. The van der Waals surface area contributed by atoms with Gasteiger partial charge in [0.25, 0.3) is 0 Å². The number of aromatic nitrogens is 2. The summed E-state index contributed by atoms with van der Waals surface area (Å²) < 4.78 is 0. The van der Waals surface area contributed by atoms with Crippen LogP contribution in [0.15, 0.2) is 18.6 Å². The Labute approximate surface area is 102 Å². The SMILES string of the molecule is Cl.Cl.c1cnc(NC2CCNCC2)cn1. The molecule has 1 aliphatic rings. The molecule has 0 spiro atoms. The van der Waals surface area contributed by atoms with Crippen LogP contribution in [-0.4, -0.2) is 29.1 Å². The molecule has 4 nitrogen and oxygen atoms in total. The Morgan fingerprint density at radius 2 is 1.93 bits per heavy atom. The third-order valence-corrected chi connectivity index (χ3v) is 2.25. The predicted octanol–water partition coefficient (Wildman–Crippen LogP) is 1.48. The maximum Gasteiger partial charge on any atom is 0.144 e. The number of piperidine rings is 1. The van der Waals surface area contributed by atoms with Crippen molar-refractivity contribution in [1.29, 1.82) is 0 Å². The third-order valence-electron chi connectivity index (χ3n) is 2.25. The minimum absolute atomic E-state index is 0. The summed E-state index contributed by atoms with van der Waals surface area (Å²) in [5.41, 5.74) is 0. The number of halogens is 2. The van der Waals surface area contributed by atoms with E-state index >= 15 is 0 Å². The fourth-order valence-corrected chi connectivity index (χ4v) is 1.55. The predicted molar refractivity (Wildman–Crippen MR) is 66.0 cm³/mol. The molecule has 15 heavy (non-hydrogen) atoms. The van der Waals surface area contributed by atoms with Gasteiger partial charge in [0, 0.05) is 18.4 Å². The lowest BCUT2D eigenvalue weighted by molar-refractivity contribution is 0.478. The molecule has 1 aromatic rings. The Morgan fingerprint density at radius 3 is 2.53 bits per heavy atom. The number of nitrogens with zero attached hydrogens (tertiary/aromatic N) is 2. The van der Waals surface area contributed by atoms with Gasteiger partial charge in [0.05, 0.1) is 6.20 Å². The van der Waals surface area contributed by atoms with Crippen molar-refractivity contribution >= 4 is 30.6 Å². The van der Waals surface area contributed by atoms with Crippen LogP contribution in [0.1, 0.15) is 12.8 Å². The number of anilines is 1. The molecule has 2 N–H and O–H groups in total. The standard InChI is InChI=1S/C9H14N4.2ClH/c1-3-10-4-2-8(1)13-9-7-11-5-6-12-9;;/h5-8,10H,1-4H2,(H,12,13);2*1H. The molecule has 0 unspecified atom stereocenters. The minimum atomic E-state index is 0. The van der Waals surface area contributed by atoms with Gasteiger partial charge in [-0.2, -0.15) is 0 Å². The Morgan fingerprint density at radius 1 is 1.20 bits per heavy atom. The first kappa shape index (κ1) is 14.4. The summed E-state index contributed by atoms with van der Waals surface area (Å²) in [7, 11) is 0. The van der Waals surface area contributed by atoms with Crippen molar-refractivity contribution in [3.05, 3.63) is 18.6 Å². The van der Waals surface area contributed by atoms with Crippen molar-refractivity contribution in [3.63, 3.8) is 0 Å². The van der Waals surface area contributed by atoms with E-state index in [1.807, 2.05) is 0 Å². The summed E-state index contributed by atoms with van der Waals surface area (Å²) in [4.78, 5) is 8.19. The van der Waals surface area contributed by atoms with Crippen molar-refractivity contribution in [1.82, 2.24) is 15.3 Å². The topological polar surface area (TPSA) is 49.8 Å². The first-order valence-electron chi connectivity index (χ1n) is 4.68. The minimum Gasteiger partial charge on any atom is -0.366 e. The number of nitrogens with one attached hydrogen (secondary N) is 2. The largest absolute Gasteiger partial charge is 0.366 e. The average molecular weight is 251 g/mol. The molecule has 2 rings (SSSR count). The number of hydrogen-bond acceptors (Lipinski definition) is 4. The monoisotopic (exact) mass is 250 g/mol. The third kappa shape index (κ3) is 4.64. The molecular formula is C9H16Cl2N4. The van der Waals surface area contributed by atoms with Crippen molar-refractivity contribution in [2.24, 2.45) is 0 Å². The fraction of sp³-hybridized carbons (Fsp3) is 0.556. The molecule has 0 aliphatic carbocycles. The maximum atomic E-state index is 4.18. The molecule has 0 bridgehead atoms. The molecule has 1 fully saturated rings. The van der Waals surface area contributed by atoms with Gasteiger partial charge >= 0.3 is 0 Å².